The van der Waals surface area contributed by atoms with Crippen LogP contribution in [0.1, 0.15) is 55.3 Å². The van der Waals surface area contributed by atoms with Crippen LogP contribution < -0.4 is 9.84 Å². The van der Waals surface area contributed by atoms with E-state index in [9.17, 15) is 9.90 Å². The van der Waals surface area contributed by atoms with Crippen LogP contribution in [0.2, 0.25) is 0 Å². The number of benzene rings is 1. The van der Waals surface area contributed by atoms with Gasteiger partial charge in [-0.15, -0.1) is 5.10 Å². The van der Waals surface area contributed by atoms with Gasteiger partial charge < -0.3 is 14.6 Å². The third kappa shape index (κ3) is 3.85. The molecule has 0 atom stereocenters. The van der Waals surface area contributed by atoms with Gasteiger partial charge in [0.1, 0.15) is 11.4 Å². The molecule has 0 saturated heterocycles. The number of ether oxygens (including phenoxy) is 1. The molecule has 0 aliphatic carbocycles. The molecule has 2 aromatic rings. The second-order valence-corrected chi connectivity index (χ2v) is 7.05. The van der Waals surface area contributed by atoms with Crippen LogP contribution >= 0.6 is 0 Å². The van der Waals surface area contributed by atoms with Crippen molar-refractivity contribution in [3.8, 4) is 17.6 Å². The average Bonchev–Trinajstić information content (AvgIpc) is 2.60. The standard InChI is InChI=1S/C21H22N2O3/c1-4-14-12-19-18(21(2,3)9-10-26-19)11-15(14)5-6-16-7-8-17(23-22-16)13-20(24)25/h7-8,11-12H,4,9-10,13H2,1-3H3,(H,24,25)/p-1. The van der Waals surface area contributed by atoms with E-state index in [1.165, 1.54) is 5.56 Å². The molecule has 0 fully saturated rings. The van der Waals surface area contributed by atoms with Crippen molar-refractivity contribution in [2.45, 2.75) is 45.4 Å². The Morgan fingerprint density at radius 2 is 2.08 bits per heavy atom. The molecule has 1 aliphatic rings. The quantitative estimate of drug-likeness (QED) is 0.790. The summed E-state index contributed by atoms with van der Waals surface area (Å²) in [6, 6.07) is 7.50. The fraction of sp³-hybridized carbons (Fsp3) is 0.381. The molecule has 0 saturated carbocycles. The summed E-state index contributed by atoms with van der Waals surface area (Å²) in [4.78, 5) is 10.6. The highest BCUT2D eigenvalue weighted by Gasteiger charge is 2.29. The molecule has 1 aliphatic heterocycles. The van der Waals surface area contributed by atoms with Crippen LogP contribution in [0.3, 0.4) is 0 Å². The molecule has 5 heteroatoms. The molecule has 0 spiro atoms. The van der Waals surface area contributed by atoms with Gasteiger partial charge in [-0.1, -0.05) is 26.7 Å². The number of carbonyl (C=O) groups excluding carboxylic acids is 1. The Hall–Kier alpha value is -2.87. The van der Waals surface area contributed by atoms with Gasteiger partial charge in [-0.2, -0.15) is 5.10 Å². The third-order valence-electron chi connectivity index (χ3n) is 4.67. The van der Waals surface area contributed by atoms with Gasteiger partial charge in [0.15, 0.2) is 0 Å². The van der Waals surface area contributed by atoms with E-state index < -0.39 is 5.97 Å². The van der Waals surface area contributed by atoms with E-state index in [4.69, 9.17) is 4.74 Å². The highest BCUT2D eigenvalue weighted by atomic mass is 16.5. The Bertz CT molecular complexity index is 890. The van der Waals surface area contributed by atoms with Crippen molar-refractivity contribution in [1.29, 1.82) is 0 Å². The molecule has 0 N–H and O–H groups in total. The fourth-order valence-corrected chi connectivity index (χ4v) is 3.03. The van der Waals surface area contributed by atoms with Gasteiger partial charge in [0.2, 0.25) is 0 Å². The first-order valence-electron chi connectivity index (χ1n) is 8.73. The number of hydrogen-bond acceptors (Lipinski definition) is 5. The first kappa shape index (κ1) is 17.9. The van der Waals surface area contributed by atoms with E-state index in [1.54, 1.807) is 12.1 Å². The van der Waals surface area contributed by atoms with E-state index >= 15 is 0 Å². The van der Waals surface area contributed by atoms with Gasteiger partial charge in [-0.05, 0) is 54.0 Å². The van der Waals surface area contributed by atoms with Crippen LogP contribution in [0, 0.1) is 11.8 Å². The minimum atomic E-state index is -1.18. The summed E-state index contributed by atoms with van der Waals surface area (Å²) < 4.78 is 5.84. The molecule has 2 heterocycles. The molecular weight excluding hydrogens is 328 g/mol. The number of hydrogen-bond donors (Lipinski definition) is 0. The third-order valence-corrected chi connectivity index (χ3v) is 4.67. The van der Waals surface area contributed by atoms with E-state index in [2.05, 4.69) is 54.9 Å². The monoisotopic (exact) mass is 349 g/mol. The summed E-state index contributed by atoms with van der Waals surface area (Å²) in [6.07, 6.45) is 1.58. The second kappa shape index (κ2) is 7.17. The zero-order valence-corrected chi connectivity index (χ0v) is 15.3. The smallest absolute Gasteiger partial charge is 0.136 e. The van der Waals surface area contributed by atoms with E-state index in [0.717, 1.165) is 36.3 Å². The van der Waals surface area contributed by atoms with Crippen LogP contribution in [-0.2, 0) is 23.1 Å². The largest absolute Gasteiger partial charge is 0.550 e. The molecule has 3 rings (SSSR count). The first-order chi connectivity index (χ1) is 12.4. The Morgan fingerprint density at radius 3 is 2.73 bits per heavy atom. The van der Waals surface area contributed by atoms with E-state index in [-0.39, 0.29) is 11.8 Å². The van der Waals surface area contributed by atoms with Crippen molar-refractivity contribution < 1.29 is 14.6 Å². The Labute approximate surface area is 153 Å². The first-order valence-corrected chi connectivity index (χ1v) is 8.73. The maximum Gasteiger partial charge on any atom is 0.136 e. The number of carbonyl (C=O) groups is 1. The van der Waals surface area contributed by atoms with Crippen molar-refractivity contribution in [2.75, 3.05) is 6.61 Å². The van der Waals surface area contributed by atoms with Gasteiger partial charge in [0.05, 0.1) is 12.3 Å². The molecule has 0 unspecified atom stereocenters. The summed E-state index contributed by atoms with van der Waals surface area (Å²) >= 11 is 0. The van der Waals surface area contributed by atoms with Crippen LogP contribution in [0.5, 0.6) is 5.75 Å². The number of carboxylic acids is 1. The molecule has 0 radical (unpaired) electrons. The number of carboxylic acid groups (broad SMARTS) is 1. The number of fused-ring (bicyclic) bond motifs is 1. The number of nitrogens with zero attached hydrogens (tertiary/aromatic N) is 2. The lowest BCUT2D eigenvalue weighted by molar-refractivity contribution is -0.304. The Kier molecular flexibility index (Phi) is 4.94. The van der Waals surface area contributed by atoms with Crippen molar-refractivity contribution in [2.24, 2.45) is 0 Å². The molecule has 134 valence electrons. The Morgan fingerprint density at radius 1 is 1.27 bits per heavy atom. The molecule has 0 amide bonds. The van der Waals surface area contributed by atoms with Crippen LogP contribution in [0.15, 0.2) is 24.3 Å². The molecule has 0 bridgehead atoms. The van der Waals surface area contributed by atoms with Gasteiger partial charge >= 0.3 is 0 Å². The van der Waals surface area contributed by atoms with Gasteiger partial charge in [0.25, 0.3) is 0 Å². The van der Waals surface area contributed by atoms with Gasteiger partial charge in [0, 0.05) is 23.5 Å². The lowest BCUT2D eigenvalue weighted by Gasteiger charge is -2.33. The summed E-state index contributed by atoms with van der Waals surface area (Å²) in [5.74, 6) is 5.99. The second-order valence-electron chi connectivity index (χ2n) is 7.05. The van der Waals surface area contributed by atoms with E-state index in [1.807, 2.05) is 0 Å². The highest BCUT2D eigenvalue weighted by molar-refractivity contribution is 5.67. The predicted octanol–water partition coefficient (Wildman–Crippen LogP) is 1.79. The summed E-state index contributed by atoms with van der Waals surface area (Å²) in [5.41, 5.74) is 4.20. The minimum absolute atomic E-state index is 0.0581. The highest BCUT2D eigenvalue weighted by Crippen LogP contribution is 2.39. The Balaban J connectivity index is 1.93. The number of aliphatic carboxylic acids is 1. The average molecular weight is 349 g/mol. The zero-order chi connectivity index (χ0) is 18.7. The number of aryl methyl sites for hydroxylation is 1. The molecule has 1 aromatic carbocycles. The molecular formula is C21H21N2O3-. The lowest BCUT2D eigenvalue weighted by Crippen LogP contribution is -2.27. The van der Waals surface area contributed by atoms with Crippen molar-refractivity contribution in [1.82, 2.24) is 10.2 Å². The van der Waals surface area contributed by atoms with Gasteiger partial charge in [-0.3, -0.25) is 0 Å². The SMILES string of the molecule is CCc1cc2c(cc1C#Cc1ccc(CC(=O)[O-])nn1)C(C)(C)CCO2. The maximum atomic E-state index is 10.6. The van der Waals surface area contributed by atoms with Gasteiger partial charge in [-0.25, -0.2) is 0 Å². The number of rotatable bonds is 3. The predicted molar refractivity (Wildman–Crippen MR) is 95.7 cm³/mol. The van der Waals surface area contributed by atoms with Crippen LogP contribution in [-0.4, -0.2) is 22.8 Å². The van der Waals surface area contributed by atoms with Crippen LogP contribution in [0.25, 0.3) is 0 Å². The fourth-order valence-electron chi connectivity index (χ4n) is 3.03. The molecule has 26 heavy (non-hydrogen) atoms. The van der Waals surface area contributed by atoms with Crippen molar-refractivity contribution in [3.05, 3.63) is 52.3 Å². The number of aromatic nitrogens is 2. The summed E-state index contributed by atoms with van der Waals surface area (Å²) in [5, 5.41) is 18.4. The molecule has 1 aromatic heterocycles. The van der Waals surface area contributed by atoms with Crippen LogP contribution in [0.4, 0.5) is 0 Å². The minimum Gasteiger partial charge on any atom is -0.550 e. The molecule has 5 nitrogen and oxygen atoms in total. The summed E-state index contributed by atoms with van der Waals surface area (Å²) in [7, 11) is 0. The normalized spacial score (nSPS) is 14.6. The summed E-state index contributed by atoms with van der Waals surface area (Å²) in [6.45, 7) is 7.27. The lowest BCUT2D eigenvalue weighted by atomic mass is 9.78. The topological polar surface area (TPSA) is 75.1 Å². The maximum absolute atomic E-state index is 10.6. The van der Waals surface area contributed by atoms with E-state index in [0.29, 0.717) is 11.4 Å². The van der Waals surface area contributed by atoms with Crippen molar-refractivity contribution in [3.63, 3.8) is 0 Å². The van der Waals surface area contributed by atoms with Crippen molar-refractivity contribution >= 4 is 5.97 Å². The zero-order valence-electron chi connectivity index (χ0n) is 15.3.